The SMILES string of the molecule is COc1ccc(-c2nc(NC(=O)c3ccc4nccnc4c3)sc2C)cc1. The molecule has 0 unspecified atom stereocenters. The molecule has 0 aliphatic carbocycles. The van der Waals surface area contributed by atoms with E-state index in [-0.39, 0.29) is 5.91 Å². The van der Waals surface area contributed by atoms with E-state index in [0.717, 1.165) is 27.4 Å². The molecule has 0 fully saturated rings. The van der Waals surface area contributed by atoms with Crippen molar-refractivity contribution in [3.8, 4) is 17.0 Å². The minimum absolute atomic E-state index is 0.224. The number of amides is 1. The van der Waals surface area contributed by atoms with Crippen molar-refractivity contribution in [2.75, 3.05) is 12.4 Å². The summed E-state index contributed by atoms with van der Waals surface area (Å²) in [6.45, 7) is 1.98. The molecule has 7 heteroatoms. The van der Waals surface area contributed by atoms with Gasteiger partial charge in [0.25, 0.3) is 5.91 Å². The molecule has 4 aromatic rings. The molecule has 27 heavy (non-hydrogen) atoms. The quantitative estimate of drug-likeness (QED) is 0.574. The van der Waals surface area contributed by atoms with E-state index in [4.69, 9.17) is 4.74 Å². The lowest BCUT2D eigenvalue weighted by Gasteiger charge is -2.03. The van der Waals surface area contributed by atoms with E-state index in [1.54, 1.807) is 37.7 Å². The number of nitrogens with zero attached hydrogens (tertiary/aromatic N) is 3. The van der Waals surface area contributed by atoms with Gasteiger partial charge in [-0.3, -0.25) is 20.1 Å². The Balaban J connectivity index is 1.57. The molecule has 0 aliphatic heterocycles. The highest BCUT2D eigenvalue weighted by Gasteiger charge is 2.14. The van der Waals surface area contributed by atoms with Crippen LogP contribution in [0.15, 0.2) is 54.9 Å². The van der Waals surface area contributed by atoms with Gasteiger partial charge in [0.05, 0.1) is 23.8 Å². The van der Waals surface area contributed by atoms with Crippen LogP contribution in [0, 0.1) is 6.92 Å². The monoisotopic (exact) mass is 376 g/mol. The Kier molecular flexibility index (Phi) is 4.52. The Morgan fingerprint density at radius 3 is 2.52 bits per heavy atom. The Morgan fingerprint density at radius 2 is 1.78 bits per heavy atom. The summed E-state index contributed by atoms with van der Waals surface area (Å²) < 4.78 is 5.19. The van der Waals surface area contributed by atoms with E-state index in [2.05, 4.69) is 20.3 Å². The maximum atomic E-state index is 12.6. The number of benzene rings is 2. The van der Waals surface area contributed by atoms with Gasteiger partial charge in [-0.1, -0.05) is 0 Å². The fraction of sp³-hybridized carbons (Fsp3) is 0.100. The molecule has 134 valence electrons. The molecule has 4 rings (SSSR count). The average molecular weight is 376 g/mol. The topological polar surface area (TPSA) is 77.0 Å². The van der Waals surface area contributed by atoms with Crippen LogP contribution in [0.5, 0.6) is 5.75 Å². The number of ether oxygens (including phenoxy) is 1. The standard InChI is InChI=1S/C20H16N4O2S/c1-12-18(13-3-6-15(26-2)7-4-13)23-20(27-12)24-19(25)14-5-8-16-17(11-14)22-10-9-21-16/h3-11H,1-2H3,(H,23,24,25). The van der Waals surface area contributed by atoms with Crippen LogP contribution >= 0.6 is 11.3 Å². The van der Waals surface area contributed by atoms with Crippen LogP contribution in [-0.4, -0.2) is 28.0 Å². The lowest BCUT2D eigenvalue weighted by molar-refractivity contribution is 0.102. The first-order valence-electron chi connectivity index (χ1n) is 8.28. The van der Waals surface area contributed by atoms with E-state index in [1.165, 1.54) is 11.3 Å². The van der Waals surface area contributed by atoms with Crippen LogP contribution in [0.3, 0.4) is 0 Å². The number of methoxy groups -OCH3 is 1. The van der Waals surface area contributed by atoms with Gasteiger partial charge in [0.15, 0.2) is 5.13 Å². The predicted molar refractivity (Wildman–Crippen MR) is 106 cm³/mol. The summed E-state index contributed by atoms with van der Waals surface area (Å²) in [5.74, 6) is 0.567. The molecule has 2 aromatic carbocycles. The molecule has 1 N–H and O–H groups in total. The van der Waals surface area contributed by atoms with Gasteiger partial charge in [-0.2, -0.15) is 0 Å². The molecular formula is C20H16N4O2S. The Hall–Kier alpha value is -3.32. The first-order valence-corrected chi connectivity index (χ1v) is 9.09. The fourth-order valence-electron chi connectivity index (χ4n) is 2.74. The summed E-state index contributed by atoms with van der Waals surface area (Å²) in [5.41, 5.74) is 3.77. The molecule has 0 saturated heterocycles. The number of fused-ring (bicyclic) bond motifs is 1. The molecule has 0 saturated carbocycles. The third-order valence-corrected chi connectivity index (χ3v) is 5.00. The summed E-state index contributed by atoms with van der Waals surface area (Å²) in [4.78, 5) is 26.6. The normalized spacial score (nSPS) is 10.7. The van der Waals surface area contributed by atoms with Crippen molar-refractivity contribution in [1.29, 1.82) is 0 Å². The molecule has 0 bridgehead atoms. The number of rotatable bonds is 4. The van der Waals surface area contributed by atoms with E-state index in [0.29, 0.717) is 16.2 Å². The summed E-state index contributed by atoms with van der Waals surface area (Å²) in [6, 6.07) is 12.9. The van der Waals surface area contributed by atoms with Crippen molar-refractivity contribution in [1.82, 2.24) is 15.0 Å². The lowest BCUT2D eigenvalue weighted by Crippen LogP contribution is -2.11. The van der Waals surface area contributed by atoms with Crippen molar-refractivity contribution in [3.63, 3.8) is 0 Å². The molecule has 2 aromatic heterocycles. The van der Waals surface area contributed by atoms with Gasteiger partial charge in [-0.05, 0) is 49.4 Å². The van der Waals surface area contributed by atoms with Gasteiger partial charge >= 0.3 is 0 Å². The maximum absolute atomic E-state index is 12.6. The van der Waals surface area contributed by atoms with E-state index < -0.39 is 0 Å². The highest BCUT2D eigenvalue weighted by molar-refractivity contribution is 7.16. The molecule has 0 aliphatic rings. The fourth-order valence-corrected chi connectivity index (χ4v) is 3.57. The molecule has 0 spiro atoms. The van der Waals surface area contributed by atoms with Crippen LogP contribution in [0.1, 0.15) is 15.2 Å². The van der Waals surface area contributed by atoms with Crippen molar-refractivity contribution in [2.24, 2.45) is 0 Å². The zero-order valence-electron chi connectivity index (χ0n) is 14.8. The molecule has 0 atom stereocenters. The van der Waals surface area contributed by atoms with E-state index in [9.17, 15) is 4.79 Å². The number of aryl methyl sites for hydroxylation is 1. The van der Waals surface area contributed by atoms with Crippen molar-refractivity contribution in [2.45, 2.75) is 6.92 Å². The zero-order chi connectivity index (χ0) is 18.8. The van der Waals surface area contributed by atoms with Crippen molar-refractivity contribution < 1.29 is 9.53 Å². The third kappa shape index (κ3) is 3.50. The zero-order valence-corrected chi connectivity index (χ0v) is 15.6. The highest BCUT2D eigenvalue weighted by Crippen LogP contribution is 2.31. The third-order valence-electron chi connectivity index (χ3n) is 4.11. The van der Waals surface area contributed by atoms with Crippen molar-refractivity contribution >= 4 is 33.4 Å². The Morgan fingerprint density at radius 1 is 1.04 bits per heavy atom. The number of carbonyl (C=O) groups is 1. The minimum atomic E-state index is -0.224. The van der Waals surface area contributed by atoms with Gasteiger partial charge < -0.3 is 4.74 Å². The first kappa shape index (κ1) is 17.1. The molecule has 0 radical (unpaired) electrons. The van der Waals surface area contributed by atoms with Crippen LogP contribution in [0.2, 0.25) is 0 Å². The van der Waals surface area contributed by atoms with Gasteiger partial charge in [0.2, 0.25) is 0 Å². The molecular weight excluding hydrogens is 360 g/mol. The van der Waals surface area contributed by atoms with Crippen LogP contribution < -0.4 is 10.1 Å². The maximum Gasteiger partial charge on any atom is 0.257 e. The van der Waals surface area contributed by atoms with Gasteiger partial charge in [0.1, 0.15) is 5.75 Å². The highest BCUT2D eigenvalue weighted by atomic mass is 32.1. The Labute approximate surface area is 159 Å². The Bertz CT molecular complexity index is 1120. The molecule has 1 amide bonds. The second kappa shape index (κ2) is 7.13. The number of hydrogen-bond donors (Lipinski definition) is 1. The second-order valence-corrected chi connectivity index (χ2v) is 7.07. The summed E-state index contributed by atoms with van der Waals surface area (Å²) in [5, 5.41) is 3.43. The van der Waals surface area contributed by atoms with Gasteiger partial charge in [-0.15, -0.1) is 11.3 Å². The summed E-state index contributed by atoms with van der Waals surface area (Å²) >= 11 is 1.44. The van der Waals surface area contributed by atoms with E-state index in [1.807, 2.05) is 31.2 Å². The lowest BCUT2D eigenvalue weighted by atomic mass is 10.1. The number of thiazole rings is 1. The van der Waals surface area contributed by atoms with Crippen LogP contribution in [-0.2, 0) is 0 Å². The smallest absolute Gasteiger partial charge is 0.257 e. The number of aromatic nitrogens is 3. The van der Waals surface area contributed by atoms with Crippen molar-refractivity contribution in [3.05, 3.63) is 65.3 Å². The number of anilines is 1. The number of carbonyl (C=O) groups excluding carboxylic acids is 1. The van der Waals surface area contributed by atoms with Gasteiger partial charge in [-0.25, -0.2) is 4.98 Å². The van der Waals surface area contributed by atoms with Crippen LogP contribution in [0.4, 0.5) is 5.13 Å². The molecule has 2 heterocycles. The average Bonchev–Trinajstić information content (AvgIpc) is 3.07. The van der Waals surface area contributed by atoms with Crippen LogP contribution in [0.25, 0.3) is 22.3 Å². The largest absolute Gasteiger partial charge is 0.497 e. The van der Waals surface area contributed by atoms with Gasteiger partial charge in [0, 0.05) is 28.4 Å². The minimum Gasteiger partial charge on any atom is -0.497 e. The summed E-state index contributed by atoms with van der Waals surface area (Å²) in [7, 11) is 1.63. The number of hydrogen-bond acceptors (Lipinski definition) is 6. The predicted octanol–water partition coefficient (Wildman–Crippen LogP) is 4.32. The first-order chi connectivity index (χ1) is 13.1. The second-order valence-electron chi connectivity index (χ2n) is 5.87. The summed E-state index contributed by atoms with van der Waals surface area (Å²) in [6.07, 6.45) is 3.23. The number of nitrogens with one attached hydrogen (secondary N) is 1. The van der Waals surface area contributed by atoms with E-state index >= 15 is 0 Å². The molecule has 6 nitrogen and oxygen atoms in total.